The van der Waals surface area contributed by atoms with Crippen molar-refractivity contribution in [1.82, 2.24) is 9.97 Å². The largest absolute Gasteiger partial charge is 0.476 e. The summed E-state index contributed by atoms with van der Waals surface area (Å²) in [6, 6.07) is 3.67. The van der Waals surface area contributed by atoms with Crippen LogP contribution in [0.5, 0.6) is 0 Å². The van der Waals surface area contributed by atoms with E-state index in [-0.39, 0.29) is 5.01 Å². The van der Waals surface area contributed by atoms with Crippen LogP contribution in [0.4, 0.5) is 0 Å². The Kier molecular flexibility index (Phi) is 2.24. The average Bonchev–Trinajstić information content (AvgIpc) is 2.68. The number of carboxylic acids is 1. The van der Waals surface area contributed by atoms with Crippen molar-refractivity contribution in [3.63, 3.8) is 0 Å². The molecule has 2 aromatic heterocycles. The maximum Gasteiger partial charge on any atom is 0.365 e. The maximum atomic E-state index is 10.6. The van der Waals surface area contributed by atoms with E-state index in [1.165, 1.54) is 0 Å². The van der Waals surface area contributed by atoms with Gasteiger partial charge in [0.2, 0.25) is 5.01 Å². The molecular weight excluding hydrogens is 200 g/mol. The molecule has 0 atom stereocenters. The van der Waals surface area contributed by atoms with Crippen LogP contribution >= 0.6 is 11.3 Å². The van der Waals surface area contributed by atoms with E-state index in [4.69, 9.17) is 5.11 Å². The van der Waals surface area contributed by atoms with Gasteiger partial charge in [0.15, 0.2) is 0 Å². The highest BCUT2D eigenvalue weighted by atomic mass is 32.1. The summed E-state index contributed by atoms with van der Waals surface area (Å²) in [6.07, 6.45) is 4.90. The number of pyridine rings is 1. The van der Waals surface area contributed by atoms with E-state index in [1.807, 2.05) is 6.07 Å². The predicted molar refractivity (Wildman–Crippen MR) is 52.3 cm³/mol. The van der Waals surface area contributed by atoms with Crippen molar-refractivity contribution in [3.05, 3.63) is 35.7 Å². The van der Waals surface area contributed by atoms with Gasteiger partial charge in [0, 0.05) is 24.2 Å². The highest BCUT2D eigenvalue weighted by molar-refractivity contribution is 7.16. The van der Waals surface area contributed by atoms with E-state index in [0.717, 1.165) is 21.8 Å². The average molecular weight is 206 g/mol. The van der Waals surface area contributed by atoms with E-state index in [1.54, 1.807) is 24.7 Å². The number of hydrogen-bond acceptors (Lipinski definition) is 4. The van der Waals surface area contributed by atoms with Crippen LogP contribution in [0.15, 0.2) is 30.7 Å². The topological polar surface area (TPSA) is 63.1 Å². The molecule has 2 rings (SSSR count). The summed E-state index contributed by atoms with van der Waals surface area (Å²) >= 11 is 1.14. The molecule has 0 aliphatic carbocycles. The van der Waals surface area contributed by atoms with Gasteiger partial charge in [-0.3, -0.25) is 4.98 Å². The van der Waals surface area contributed by atoms with E-state index in [2.05, 4.69) is 9.97 Å². The standard InChI is InChI=1S/C9H6N2O2S/c12-9(13)8-11-5-7(14-8)6-2-1-3-10-4-6/h1-5H,(H,12,13). The predicted octanol–water partition coefficient (Wildman–Crippen LogP) is 1.90. The van der Waals surface area contributed by atoms with Crippen LogP contribution in [0.1, 0.15) is 9.80 Å². The fourth-order valence-corrected chi connectivity index (χ4v) is 1.76. The Hall–Kier alpha value is -1.75. The summed E-state index contributed by atoms with van der Waals surface area (Å²) in [5.41, 5.74) is 0.887. The number of carboxylic acid groups (broad SMARTS) is 1. The molecule has 70 valence electrons. The Bertz CT molecular complexity index is 453. The highest BCUT2D eigenvalue weighted by Gasteiger charge is 2.09. The first-order valence-corrected chi connectivity index (χ1v) is 4.68. The summed E-state index contributed by atoms with van der Waals surface area (Å²) in [5, 5.41) is 8.78. The molecule has 0 spiro atoms. The number of carbonyl (C=O) groups is 1. The molecule has 2 aromatic rings. The van der Waals surface area contributed by atoms with Crippen molar-refractivity contribution in [2.24, 2.45) is 0 Å². The number of rotatable bonds is 2. The third-order valence-electron chi connectivity index (χ3n) is 1.63. The minimum atomic E-state index is -0.995. The molecule has 0 bridgehead atoms. The number of thiazole rings is 1. The molecule has 0 aliphatic rings. The Morgan fingerprint density at radius 2 is 2.29 bits per heavy atom. The Balaban J connectivity index is 2.39. The van der Waals surface area contributed by atoms with Gasteiger partial charge in [-0.15, -0.1) is 11.3 Å². The Labute approximate surface area is 83.9 Å². The molecule has 5 heteroatoms. The molecule has 0 radical (unpaired) electrons. The third-order valence-corrected chi connectivity index (χ3v) is 2.67. The molecule has 0 amide bonds. The van der Waals surface area contributed by atoms with Crippen molar-refractivity contribution in [1.29, 1.82) is 0 Å². The van der Waals surface area contributed by atoms with E-state index < -0.39 is 5.97 Å². The van der Waals surface area contributed by atoms with Gasteiger partial charge in [-0.1, -0.05) is 6.07 Å². The van der Waals surface area contributed by atoms with Crippen LogP contribution < -0.4 is 0 Å². The summed E-state index contributed by atoms with van der Waals surface area (Å²) < 4.78 is 0. The van der Waals surface area contributed by atoms with Gasteiger partial charge < -0.3 is 5.11 Å². The molecule has 0 unspecified atom stereocenters. The van der Waals surface area contributed by atoms with Gasteiger partial charge in [0.25, 0.3) is 0 Å². The second kappa shape index (κ2) is 3.55. The lowest BCUT2D eigenvalue weighted by atomic mass is 10.3. The molecule has 0 aliphatic heterocycles. The molecule has 0 saturated carbocycles. The van der Waals surface area contributed by atoms with Crippen molar-refractivity contribution in [2.75, 3.05) is 0 Å². The van der Waals surface area contributed by atoms with Crippen LogP contribution in [0.25, 0.3) is 10.4 Å². The van der Waals surface area contributed by atoms with E-state index in [0.29, 0.717) is 0 Å². The molecule has 0 fully saturated rings. The molecule has 2 heterocycles. The van der Waals surface area contributed by atoms with Gasteiger partial charge in [-0.2, -0.15) is 0 Å². The van der Waals surface area contributed by atoms with Crippen LogP contribution in [0, 0.1) is 0 Å². The molecule has 1 N–H and O–H groups in total. The molecule has 4 nitrogen and oxygen atoms in total. The Morgan fingerprint density at radius 1 is 1.43 bits per heavy atom. The van der Waals surface area contributed by atoms with Crippen molar-refractivity contribution in [2.45, 2.75) is 0 Å². The monoisotopic (exact) mass is 206 g/mol. The van der Waals surface area contributed by atoms with Crippen LogP contribution in [0.2, 0.25) is 0 Å². The smallest absolute Gasteiger partial charge is 0.365 e. The van der Waals surface area contributed by atoms with Crippen LogP contribution in [0.3, 0.4) is 0 Å². The first-order valence-electron chi connectivity index (χ1n) is 3.87. The third kappa shape index (κ3) is 1.62. The normalized spacial score (nSPS) is 10.0. The zero-order valence-corrected chi connectivity index (χ0v) is 7.86. The fraction of sp³-hybridized carbons (Fsp3) is 0. The van der Waals surface area contributed by atoms with Crippen molar-refractivity contribution in [3.8, 4) is 10.4 Å². The van der Waals surface area contributed by atoms with E-state index >= 15 is 0 Å². The second-order valence-corrected chi connectivity index (χ2v) is 3.61. The SMILES string of the molecule is O=C(O)c1ncc(-c2cccnc2)s1. The first-order chi connectivity index (χ1) is 6.77. The summed E-state index contributed by atoms with van der Waals surface area (Å²) in [4.78, 5) is 19.1. The summed E-state index contributed by atoms with van der Waals surface area (Å²) in [5.74, 6) is -0.995. The van der Waals surface area contributed by atoms with Gasteiger partial charge in [-0.25, -0.2) is 9.78 Å². The molecular formula is C9H6N2O2S. The van der Waals surface area contributed by atoms with Crippen LogP contribution in [-0.4, -0.2) is 21.0 Å². The van der Waals surface area contributed by atoms with Crippen molar-refractivity contribution < 1.29 is 9.90 Å². The van der Waals surface area contributed by atoms with Gasteiger partial charge in [-0.05, 0) is 6.07 Å². The zero-order valence-electron chi connectivity index (χ0n) is 7.04. The number of aromatic carboxylic acids is 1. The quantitative estimate of drug-likeness (QED) is 0.815. The summed E-state index contributed by atoms with van der Waals surface area (Å²) in [6.45, 7) is 0. The fourth-order valence-electron chi connectivity index (χ4n) is 1.01. The zero-order chi connectivity index (χ0) is 9.97. The minimum absolute atomic E-state index is 0.101. The number of hydrogen-bond donors (Lipinski definition) is 1. The maximum absolute atomic E-state index is 10.6. The molecule has 0 saturated heterocycles. The first kappa shape index (κ1) is 8.83. The summed E-state index contributed by atoms with van der Waals surface area (Å²) in [7, 11) is 0. The van der Waals surface area contributed by atoms with Crippen molar-refractivity contribution >= 4 is 17.3 Å². The Morgan fingerprint density at radius 3 is 2.86 bits per heavy atom. The van der Waals surface area contributed by atoms with E-state index in [9.17, 15) is 4.79 Å². The highest BCUT2D eigenvalue weighted by Crippen LogP contribution is 2.24. The van der Waals surface area contributed by atoms with Gasteiger partial charge in [0.05, 0.1) is 4.88 Å². The lowest BCUT2D eigenvalue weighted by Crippen LogP contribution is -1.92. The second-order valence-electron chi connectivity index (χ2n) is 2.58. The minimum Gasteiger partial charge on any atom is -0.476 e. The molecule has 0 aromatic carbocycles. The number of nitrogens with zero attached hydrogens (tertiary/aromatic N) is 2. The lowest BCUT2D eigenvalue weighted by molar-refractivity contribution is 0.0696. The van der Waals surface area contributed by atoms with Gasteiger partial charge >= 0.3 is 5.97 Å². The van der Waals surface area contributed by atoms with Gasteiger partial charge in [0.1, 0.15) is 0 Å². The van der Waals surface area contributed by atoms with Crippen LogP contribution in [-0.2, 0) is 0 Å². The lowest BCUT2D eigenvalue weighted by Gasteiger charge is -1.91. The number of aromatic nitrogens is 2. The molecule has 14 heavy (non-hydrogen) atoms.